The first kappa shape index (κ1) is 21.8. The van der Waals surface area contributed by atoms with Crippen molar-refractivity contribution in [1.29, 1.82) is 0 Å². The Labute approximate surface area is 184 Å². The number of phenolic OH excluding ortho intramolecular Hbond substituents is 1. The van der Waals surface area contributed by atoms with Crippen molar-refractivity contribution in [3.8, 4) is 17.0 Å². The highest BCUT2D eigenvalue weighted by atomic mass is 19.1. The van der Waals surface area contributed by atoms with E-state index in [1.54, 1.807) is 6.20 Å². The summed E-state index contributed by atoms with van der Waals surface area (Å²) in [6.45, 7) is 2.15. The fourth-order valence-corrected chi connectivity index (χ4v) is 4.42. The minimum Gasteiger partial charge on any atom is -0.508 e. The molecule has 166 valence electrons. The summed E-state index contributed by atoms with van der Waals surface area (Å²) in [5.41, 5.74) is 7.08. The number of phenols is 1. The Kier molecular flexibility index (Phi) is 6.14. The maximum absolute atomic E-state index is 14.5. The van der Waals surface area contributed by atoms with Crippen molar-refractivity contribution < 1.29 is 18.7 Å². The average Bonchev–Trinajstić information content (AvgIpc) is 2.75. The minimum absolute atomic E-state index is 0.0310. The second-order valence-electron chi connectivity index (χ2n) is 8.38. The van der Waals surface area contributed by atoms with Crippen molar-refractivity contribution in [3.63, 3.8) is 0 Å². The monoisotopic (exact) mass is 438 g/mol. The molecule has 2 aromatic heterocycles. The van der Waals surface area contributed by atoms with Crippen LogP contribution in [0.2, 0.25) is 0 Å². The van der Waals surface area contributed by atoms with Gasteiger partial charge in [-0.3, -0.25) is 9.78 Å². The van der Waals surface area contributed by atoms with Gasteiger partial charge in [-0.1, -0.05) is 6.92 Å². The Morgan fingerprint density at radius 1 is 1.12 bits per heavy atom. The zero-order valence-electron chi connectivity index (χ0n) is 17.6. The van der Waals surface area contributed by atoms with E-state index in [-0.39, 0.29) is 29.0 Å². The molecule has 1 fully saturated rings. The number of carbonyl (C=O) groups excluding carboxylic acids is 1. The lowest BCUT2D eigenvalue weighted by molar-refractivity contribution is 0.101. The van der Waals surface area contributed by atoms with Crippen LogP contribution in [0.25, 0.3) is 11.3 Å². The first-order chi connectivity index (χ1) is 15.3. The molecule has 2 heterocycles. The van der Waals surface area contributed by atoms with Crippen LogP contribution in [-0.2, 0) is 0 Å². The van der Waals surface area contributed by atoms with Gasteiger partial charge in [-0.05, 0) is 73.1 Å². The average molecular weight is 438 g/mol. The largest absolute Gasteiger partial charge is 0.508 e. The maximum Gasteiger partial charge on any atom is 0.277 e. The number of amides is 1. The number of nitrogens with one attached hydrogen (secondary N) is 1. The van der Waals surface area contributed by atoms with Crippen LogP contribution in [0.4, 0.5) is 14.5 Å². The summed E-state index contributed by atoms with van der Waals surface area (Å²) in [6.07, 6.45) is 5.85. The van der Waals surface area contributed by atoms with Crippen LogP contribution in [0.1, 0.15) is 48.2 Å². The molecule has 1 amide bonds. The summed E-state index contributed by atoms with van der Waals surface area (Å²) < 4.78 is 28.7. The number of rotatable bonds is 4. The van der Waals surface area contributed by atoms with Crippen molar-refractivity contribution in [3.05, 3.63) is 71.7 Å². The Morgan fingerprint density at radius 2 is 1.91 bits per heavy atom. The molecule has 0 spiro atoms. The van der Waals surface area contributed by atoms with E-state index in [1.807, 2.05) is 6.07 Å². The summed E-state index contributed by atoms with van der Waals surface area (Å²) >= 11 is 0. The molecule has 1 saturated carbocycles. The summed E-state index contributed by atoms with van der Waals surface area (Å²) in [4.78, 5) is 21.0. The molecule has 0 aliphatic heterocycles. The lowest BCUT2D eigenvalue weighted by Gasteiger charge is -2.32. The van der Waals surface area contributed by atoms with Crippen LogP contribution >= 0.6 is 0 Å². The Hall–Kier alpha value is -3.39. The van der Waals surface area contributed by atoms with Gasteiger partial charge in [-0.15, -0.1) is 0 Å². The molecule has 8 heteroatoms. The van der Waals surface area contributed by atoms with Gasteiger partial charge in [0.15, 0.2) is 11.5 Å². The van der Waals surface area contributed by atoms with Crippen molar-refractivity contribution in [2.45, 2.75) is 38.1 Å². The molecule has 0 bridgehead atoms. The van der Waals surface area contributed by atoms with Gasteiger partial charge in [-0.2, -0.15) is 0 Å². The SMILES string of the molecule is C[C@@H]1C[C@H](N)C[C@H](c2ccncc2NC(=O)c2nc(-c3cc(O)ccc3F)ccc2F)C1. The van der Waals surface area contributed by atoms with Gasteiger partial charge in [0.25, 0.3) is 5.91 Å². The number of hydrogen-bond acceptors (Lipinski definition) is 5. The number of anilines is 1. The molecule has 0 saturated heterocycles. The van der Waals surface area contributed by atoms with Crippen LogP contribution in [0, 0.1) is 17.6 Å². The van der Waals surface area contributed by atoms with Crippen molar-refractivity contribution in [2.75, 3.05) is 5.32 Å². The highest BCUT2D eigenvalue weighted by molar-refractivity contribution is 6.03. The number of pyridine rings is 2. The third kappa shape index (κ3) is 4.60. The topological polar surface area (TPSA) is 101 Å². The molecule has 0 radical (unpaired) electrons. The fourth-order valence-electron chi connectivity index (χ4n) is 4.42. The predicted molar refractivity (Wildman–Crippen MR) is 117 cm³/mol. The molecule has 4 N–H and O–H groups in total. The number of hydrogen-bond donors (Lipinski definition) is 3. The van der Waals surface area contributed by atoms with Gasteiger partial charge in [0.05, 0.1) is 17.6 Å². The molecular formula is C24H24F2N4O2. The van der Waals surface area contributed by atoms with E-state index in [9.17, 15) is 18.7 Å². The van der Waals surface area contributed by atoms with Crippen LogP contribution in [0.15, 0.2) is 48.8 Å². The van der Waals surface area contributed by atoms with Gasteiger partial charge in [0, 0.05) is 17.8 Å². The second-order valence-corrected chi connectivity index (χ2v) is 8.38. The van der Waals surface area contributed by atoms with Crippen LogP contribution in [0.3, 0.4) is 0 Å². The molecule has 1 aromatic carbocycles. The van der Waals surface area contributed by atoms with Gasteiger partial charge in [0.2, 0.25) is 0 Å². The Balaban J connectivity index is 1.64. The summed E-state index contributed by atoms with van der Waals surface area (Å²) in [5.74, 6) is -1.83. The van der Waals surface area contributed by atoms with E-state index < -0.39 is 23.2 Å². The third-order valence-electron chi connectivity index (χ3n) is 5.81. The first-order valence-electron chi connectivity index (χ1n) is 10.5. The number of aromatic nitrogens is 2. The van der Waals surface area contributed by atoms with Gasteiger partial charge < -0.3 is 16.2 Å². The molecule has 1 aliphatic rings. The highest BCUT2D eigenvalue weighted by Gasteiger charge is 2.28. The number of halogens is 2. The predicted octanol–water partition coefficient (Wildman–Crippen LogP) is 4.61. The van der Waals surface area contributed by atoms with Gasteiger partial charge in [0.1, 0.15) is 11.6 Å². The van der Waals surface area contributed by atoms with E-state index >= 15 is 0 Å². The summed E-state index contributed by atoms with van der Waals surface area (Å²) in [5, 5.41) is 12.4. The quantitative estimate of drug-likeness (QED) is 0.552. The van der Waals surface area contributed by atoms with Crippen LogP contribution in [-0.4, -0.2) is 27.0 Å². The van der Waals surface area contributed by atoms with Crippen molar-refractivity contribution in [1.82, 2.24) is 9.97 Å². The number of nitrogens with two attached hydrogens (primary N) is 1. The van der Waals surface area contributed by atoms with Crippen LogP contribution in [0.5, 0.6) is 5.75 Å². The Bertz CT molecular complexity index is 1140. The number of aromatic hydroxyl groups is 1. The van der Waals surface area contributed by atoms with Gasteiger partial charge in [-0.25, -0.2) is 13.8 Å². The number of carbonyl (C=O) groups is 1. The molecule has 1 aliphatic carbocycles. The number of benzene rings is 1. The molecule has 0 unspecified atom stereocenters. The van der Waals surface area contributed by atoms with Crippen molar-refractivity contribution in [2.24, 2.45) is 11.7 Å². The highest BCUT2D eigenvalue weighted by Crippen LogP contribution is 2.38. The Morgan fingerprint density at radius 3 is 2.69 bits per heavy atom. The molecule has 4 rings (SSSR count). The van der Waals surface area contributed by atoms with E-state index in [2.05, 4.69) is 22.2 Å². The first-order valence-corrected chi connectivity index (χ1v) is 10.5. The van der Waals surface area contributed by atoms with Crippen molar-refractivity contribution >= 4 is 11.6 Å². The zero-order chi connectivity index (χ0) is 22.8. The van der Waals surface area contributed by atoms with E-state index in [1.165, 1.54) is 24.4 Å². The summed E-state index contributed by atoms with van der Waals surface area (Å²) in [6, 6.07) is 7.66. The molecule has 6 nitrogen and oxygen atoms in total. The molecule has 3 aromatic rings. The minimum atomic E-state index is -0.842. The van der Waals surface area contributed by atoms with Gasteiger partial charge >= 0.3 is 0 Å². The van der Waals surface area contributed by atoms with E-state index in [0.29, 0.717) is 11.6 Å². The maximum atomic E-state index is 14.5. The third-order valence-corrected chi connectivity index (χ3v) is 5.81. The lowest BCUT2D eigenvalue weighted by Crippen LogP contribution is -2.31. The standard InChI is InChI=1S/C24H24F2N4O2/c1-13-8-14(10-15(27)9-13)17-6-7-28-12-22(17)30-24(32)23-20(26)4-5-21(29-23)18-11-16(31)2-3-19(18)25/h2-7,11-15,31H,8-10,27H2,1H3,(H,30,32)/t13-,14+,15-/m0/s1. The molecule has 3 atom stereocenters. The molecular weight excluding hydrogens is 414 g/mol. The summed E-state index contributed by atoms with van der Waals surface area (Å²) in [7, 11) is 0. The fraction of sp³-hybridized carbons (Fsp3) is 0.292. The van der Waals surface area contributed by atoms with Crippen LogP contribution < -0.4 is 11.1 Å². The normalized spacial score (nSPS) is 20.7. The molecule has 32 heavy (non-hydrogen) atoms. The van der Waals surface area contributed by atoms with E-state index in [4.69, 9.17) is 5.73 Å². The lowest BCUT2D eigenvalue weighted by atomic mass is 9.76. The van der Waals surface area contributed by atoms with E-state index in [0.717, 1.165) is 37.0 Å². The zero-order valence-corrected chi connectivity index (χ0v) is 17.6. The number of nitrogens with zero attached hydrogens (tertiary/aromatic N) is 2. The second kappa shape index (κ2) is 9.00. The smallest absolute Gasteiger partial charge is 0.277 e.